The fourth-order valence-corrected chi connectivity index (χ4v) is 3.62. The zero-order valence-electron chi connectivity index (χ0n) is 18.3. The van der Waals surface area contributed by atoms with Crippen LogP contribution in [0, 0.1) is 6.92 Å². The lowest BCUT2D eigenvalue weighted by atomic mass is 10.1. The van der Waals surface area contributed by atoms with E-state index in [1.165, 1.54) is 0 Å². The van der Waals surface area contributed by atoms with E-state index in [1.807, 2.05) is 44.0 Å². The zero-order chi connectivity index (χ0) is 22.5. The van der Waals surface area contributed by atoms with Crippen LogP contribution in [0.1, 0.15) is 34.0 Å². The number of aryl methyl sites for hydroxylation is 2. The molecule has 0 aliphatic rings. The van der Waals surface area contributed by atoms with E-state index in [-0.39, 0.29) is 12.2 Å². The smallest absolute Gasteiger partial charge is 0.349 e. The lowest BCUT2D eigenvalue weighted by Gasteiger charge is -2.16. The molecule has 1 amide bonds. The van der Waals surface area contributed by atoms with E-state index in [9.17, 15) is 9.59 Å². The van der Waals surface area contributed by atoms with Gasteiger partial charge in [-0.25, -0.2) is 4.79 Å². The Labute approximate surface area is 181 Å². The Morgan fingerprint density at radius 2 is 2.00 bits per heavy atom. The largest absolute Gasteiger partial charge is 0.496 e. The number of aliphatic hydroxyl groups is 1. The summed E-state index contributed by atoms with van der Waals surface area (Å²) in [4.78, 5) is 27.4. The number of benzene rings is 2. The van der Waals surface area contributed by atoms with Gasteiger partial charge >= 0.3 is 5.63 Å². The van der Waals surface area contributed by atoms with Crippen LogP contribution in [0.5, 0.6) is 5.75 Å². The molecule has 3 rings (SSSR count). The fourth-order valence-electron chi connectivity index (χ4n) is 3.62. The molecule has 1 aromatic heterocycles. The van der Waals surface area contributed by atoms with Crippen molar-refractivity contribution in [2.75, 3.05) is 32.6 Å². The molecular formula is C24H28N2O5. The maximum Gasteiger partial charge on any atom is 0.349 e. The standard InChI is InChI=1S/C24H28N2O5/c1-5-18-21(30-4)9-7-17-13-19(24(29)31-22(17)18)23(28)25-20-8-6-16(12-15(20)2)14-26(3)10-11-27/h6-9,12-13,27H,5,10-11,14H2,1-4H3,(H,25,28). The van der Waals surface area contributed by atoms with E-state index in [0.717, 1.165) is 16.7 Å². The summed E-state index contributed by atoms with van der Waals surface area (Å²) in [6, 6.07) is 10.8. The number of hydrogen-bond acceptors (Lipinski definition) is 6. The normalized spacial score (nSPS) is 11.2. The molecule has 164 valence electrons. The minimum absolute atomic E-state index is 0.0501. The van der Waals surface area contributed by atoms with Gasteiger partial charge in [0.25, 0.3) is 5.91 Å². The average molecular weight is 424 g/mol. The molecule has 1 heterocycles. The van der Waals surface area contributed by atoms with E-state index in [4.69, 9.17) is 14.3 Å². The molecule has 0 saturated heterocycles. The van der Waals surface area contributed by atoms with Crippen molar-refractivity contribution >= 4 is 22.6 Å². The maximum absolute atomic E-state index is 12.8. The summed E-state index contributed by atoms with van der Waals surface area (Å²) in [6.07, 6.45) is 0.633. The lowest BCUT2D eigenvalue weighted by molar-refractivity contribution is 0.102. The summed E-state index contributed by atoms with van der Waals surface area (Å²) in [5.41, 5.74) is 3.07. The number of ether oxygens (including phenoxy) is 1. The number of carbonyl (C=O) groups excluding carboxylic acids is 1. The monoisotopic (exact) mass is 424 g/mol. The van der Waals surface area contributed by atoms with Crippen molar-refractivity contribution < 1.29 is 19.1 Å². The van der Waals surface area contributed by atoms with Crippen molar-refractivity contribution in [3.63, 3.8) is 0 Å². The van der Waals surface area contributed by atoms with Crippen LogP contribution < -0.4 is 15.7 Å². The first-order chi connectivity index (χ1) is 14.9. The Hall–Kier alpha value is -3.16. The maximum atomic E-state index is 12.8. The van der Waals surface area contributed by atoms with Crippen molar-refractivity contribution in [3.05, 3.63) is 69.1 Å². The number of carbonyl (C=O) groups is 1. The molecule has 31 heavy (non-hydrogen) atoms. The quantitative estimate of drug-likeness (QED) is 0.539. The summed E-state index contributed by atoms with van der Waals surface area (Å²) in [5.74, 6) is 0.133. The molecule has 0 aliphatic heterocycles. The van der Waals surface area contributed by atoms with E-state index >= 15 is 0 Å². The van der Waals surface area contributed by atoms with Gasteiger partial charge in [-0.1, -0.05) is 19.1 Å². The van der Waals surface area contributed by atoms with E-state index in [0.29, 0.717) is 41.9 Å². The molecule has 7 heteroatoms. The molecule has 0 saturated carbocycles. The molecule has 7 nitrogen and oxygen atoms in total. The van der Waals surface area contributed by atoms with Crippen LogP contribution in [0.25, 0.3) is 11.0 Å². The van der Waals surface area contributed by atoms with E-state index in [2.05, 4.69) is 5.32 Å². The van der Waals surface area contributed by atoms with E-state index in [1.54, 1.807) is 25.3 Å². The Balaban J connectivity index is 1.86. The molecule has 0 radical (unpaired) electrons. The molecule has 0 aliphatic carbocycles. The van der Waals surface area contributed by atoms with Gasteiger partial charge in [0.15, 0.2) is 0 Å². The summed E-state index contributed by atoms with van der Waals surface area (Å²) in [6.45, 7) is 5.22. The van der Waals surface area contributed by atoms with E-state index < -0.39 is 11.5 Å². The second kappa shape index (κ2) is 9.76. The second-order valence-corrected chi connectivity index (χ2v) is 7.53. The van der Waals surface area contributed by atoms with Gasteiger partial charge in [-0.2, -0.15) is 0 Å². The van der Waals surface area contributed by atoms with Gasteiger partial charge in [0.1, 0.15) is 16.9 Å². The number of aliphatic hydroxyl groups excluding tert-OH is 1. The van der Waals surface area contributed by atoms with Gasteiger partial charge in [-0.15, -0.1) is 0 Å². The average Bonchev–Trinajstić information content (AvgIpc) is 2.74. The van der Waals surface area contributed by atoms with Gasteiger partial charge < -0.3 is 19.6 Å². The molecule has 2 N–H and O–H groups in total. The number of likely N-dealkylation sites (N-methyl/N-ethyl adjacent to an activating group) is 1. The van der Waals surface area contributed by atoms with Crippen LogP contribution >= 0.6 is 0 Å². The number of nitrogens with zero attached hydrogens (tertiary/aromatic N) is 1. The fraction of sp³-hybridized carbons (Fsp3) is 0.333. The third-order valence-corrected chi connectivity index (χ3v) is 5.25. The third kappa shape index (κ3) is 4.95. The number of anilines is 1. The Morgan fingerprint density at radius 3 is 2.65 bits per heavy atom. The summed E-state index contributed by atoms with van der Waals surface area (Å²) in [7, 11) is 3.50. The van der Waals surface area contributed by atoms with Crippen molar-refractivity contribution in [1.29, 1.82) is 0 Å². The second-order valence-electron chi connectivity index (χ2n) is 7.53. The first-order valence-electron chi connectivity index (χ1n) is 10.2. The van der Waals surface area contributed by atoms with Gasteiger partial charge in [0.05, 0.1) is 13.7 Å². The van der Waals surface area contributed by atoms with Crippen molar-refractivity contribution in [3.8, 4) is 5.75 Å². The Kier molecular flexibility index (Phi) is 7.09. The lowest BCUT2D eigenvalue weighted by Crippen LogP contribution is -2.22. The Morgan fingerprint density at radius 1 is 1.23 bits per heavy atom. The van der Waals surface area contributed by atoms with Crippen molar-refractivity contribution in [1.82, 2.24) is 4.90 Å². The van der Waals surface area contributed by atoms with Crippen LogP contribution in [0.4, 0.5) is 5.69 Å². The summed E-state index contributed by atoms with van der Waals surface area (Å²) < 4.78 is 10.9. The predicted molar refractivity (Wildman–Crippen MR) is 121 cm³/mol. The minimum Gasteiger partial charge on any atom is -0.496 e. The highest BCUT2D eigenvalue weighted by Crippen LogP contribution is 2.28. The number of hydrogen-bond donors (Lipinski definition) is 2. The molecule has 2 aromatic carbocycles. The predicted octanol–water partition coefficient (Wildman–Crippen LogP) is 3.35. The van der Waals surface area contributed by atoms with Crippen molar-refractivity contribution in [2.45, 2.75) is 26.8 Å². The zero-order valence-corrected chi connectivity index (χ0v) is 18.3. The van der Waals surface area contributed by atoms with Crippen molar-refractivity contribution in [2.24, 2.45) is 0 Å². The number of rotatable bonds is 8. The van der Waals surface area contributed by atoms with Crippen LogP contribution in [0.3, 0.4) is 0 Å². The van der Waals surface area contributed by atoms with Crippen LogP contribution in [-0.4, -0.2) is 43.2 Å². The molecule has 0 unspecified atom stereocenters. The molecule has 0 fully saturated rings. The molecule has 0 bridgehead atoms. The van der Waals surface area contributed by atoms with Crippen LogP contribution in [-0.2, 0) is 13.0 Å². The van der Waals surface area contributed by atoms with Gasteiger partial charge in [-0.3, -0.25) is 9.69 Å². The summed E-state index contributed by atoms with van der Waals surface area (Å²) in [5, 5.41) is 12.5. The molecule has 0 atom stereocenters. The minimum atomic E-state index is -0.687. The highest BCUT2D eigenvalue weighted by molar-refractivity contribution is 6.06. The molecule has 0 spiro atoms. The van der Waals surface area contributed by atoms with Gasteiger partial charge in [0, 0.05) is 29.7 Å². The Bertz CT molecular complexity index is 1150. The highest BCUT2D eigenvalue weighted by atomic mass is 16.5. The molecule has 3 aromatic rings. The molecular weight excluding hydrogens is 396 g/mol. The van der Waals surface area contributed by atoms with Crippen LogP contribution in [0.15, 0.2) is 45.6 Å². The van der Waals surface area contributed by atoms with Gasteiger partial charge in [0.2, 0.25) is 0 Å². The third-order valence-electron chi connectivity index (χ3n) is 5.25. The number of methoxy groups -OCH3 is 1. The highest BCUT2D eigenvalue weighted by Gasteiger charge is 2.18. The van der Waals surface area contributed by atoms with Crippen LogP contribution in [0.2, 0.25) is 0 Å². The number of nitrogens with one attached hydrogen (secondary N) is 1. The van der Waals surface area contributed by atoms with Gasteiger partial charge in [-0.05, 0) is 55.8 Å². The topological polar surface area (TPSA) is 92.0 Å². The number of amides is 1. The number of fused-ring (bicyclic) bond motifs is 1. The first-order valence-corrected chi connectivity index (χ1v) is 10.2. The first kappa shape index (κ1) is 22.5. The summed E-state index contributed by atoms with van der Waals surface area (Å²) >= 11 is 0. The SMILES string of the molecule is CCc1c(OC)ccc2cc(C(=O)Nc3ccc(CN(C)CCO)cc3C)c(=O)oc12.